The molecule has 5 nitrogen and oxygen atoms in total. The van der Waals surface area contributed by atoms with E-state index in [0.717, 1.165) is 24.1 Å². The normalized spacial score (nSPS) is 18.2. The number of rotatable bonds is 6. The minimum atomic E-state index is -3.45. The number of carbonyl (C=O) groups is 1. The monoisotopic (exact) mass is 386 g/mol. The fourth-order valence-corrected chi connectivity index (χ4v) is 4.99. The van der Waals surface area contributed by atoms with Crippen molar-refractivity contribution in [3.63, 3.8) is 0 Å². The second-order valence-electron chi connectivity index (χ2n) is 7.14. The van der Waals surface area contributed by atoms with Crippen LogP contribution < -0.4 is 5.32 Å². The highest BCUT2D eigenvalue weighted by Gasteiger charge is 2.30. The van der Waals surface area contributed by atoms with Gasteiger partial charge in [0, 0.05) is 25.2 Å². The molecule has 0 spiro atoms. The van der Waals surface area contributed by atoms with Gasteiger partial charge in [-0.3, -0.25) is 4.79 Å². The molecule has 2 aromatic carbocycles. The largest absolute Gasteiger partial charge is 0.326 e. The van der Waals surface area contributed by atoms with Crippen molar-refractivity contribution in [3.8, 4) is 0 Å². The number of amides is 1. The molecular formula is C21H26N2O3S. The average Bonchev–Trinajstić information content (AvgIpc) is 2.69. The summed E-state index contributed by atoms with van der Waals surface area (Å²) in [4.78, 5) is 12.5. The average molecular weight is 387 g/mol. The molecule has 1 heterocycles. The highest BCUT2D eigenvalue weighted by atomic mass is 32.2. The molecule has 1 amide bonds. The molecule has 0 aliphatic carbocycles. The van der Waals surface area contributed by atoms with Crippen molar-refractivity contribution >= 4 is 21.6 Å². The summed E-state index contributed by atoms with van der Waals surface area (Å²) in [5, 5.41) is 2.91. The lowest BCUT2D eigenvalue weighted by molar-refractivity contribution is -0.116. The van der Waals surface area contributed by atoms with Crippen molar-refractivity contribution in [1.82, 2.24) is 4.31 Å². The van der Waals surface area contributed by atoms with Gasteiger partial charge < -0.3 is 5.32 Å². The van der Waals surface area contributed by atoms with Gasteiger partial charge in [-0.15, -0.1) is 0 Å². The maximum Gasteiger partial charge on any atom is 0.243 e. The summed E-state index contributed by atoms with van der Waals surface area (Å²) < 4.78 is 27.1. The van der Waals surface area contributed by atoms with Gasteiger partial charge in [0.25, 0.3) is 0 Å². The Morgan fingerprint density at radius 3 is 2.52 bits per heavy atom. The summed E-state index contributed by atoms with van der Waals surface area (Å²) in [6.45, 7) is 3.03. The summed E-state index contributed by atoms with van der Waals surface area (Å²) in [6.07, 6.45) is 2.88. The molecule has 144 valence electrons. The van der Waals surface area contributed by atoms with Gasteiger partial charge in [-0.2, -0.15) is 4.31 Å². The summed E-state index contributed by atoms with van der Waals surface area (Å²) in [5.74, 6) is 0.183. The van der Waals surface area contributed by atoms with Crippen molar-refractivity contribution in [3.05, 3.63) is 60.2 Å². The second-order valence-corrected chi connectivity index (χ2v) is 9.08. The number of hydrogen-bond acceptors (Lipinski definition) is 3. The first kappa shape index (κ1) is 19.6. The maximum atomic E-state index is 12.8. The van der Waals surface area contributed by atoms with Crippen LogP contribution in [0.15, 0.2) is 59.5 Å². The fourth-order valence-electron chi connectivity index (χ4n) is 3.42. The molecule has 1 unspecified atom stereocenters. The first-order valence-electron chi connectivity index (χ1n) is 9.37. The Kier molecular flexibility index (Phi) is 6.29. The van der Waals surface area contributed by atoms with Crippen molar-refractivity contribution in [2.75, 3.05) is 18.4 Å². The van der Waals surface area contributed by atoms with E-state index >= 15 is 0 Å². The Morgan fingerprint density at radius 2 is 1.81 bits per heavy atom. The van der Waals surface area contributed by atoms with Crippen molar-refractivity contribution in [2.45, 2.75) is 37.5 Å². The molecule has 6 heteroatoms. The van der Waals surface area contributed by atoms with E-state index < -0.39 is 10.0 Å². The van der Waals surface area contributed by atoms with Gasteiger partial charge in [-0.25, -0.2) is 8.42 Å². The predicted molar refractivity (Wildman–Crippen MR) is 107 cm³/mol. The van der Waals surface area contributed by atoms with Crippen LogP contribution in [0.25, 0.3) is 0 Å². The topological polar surface area (TPSA) is 66.5 Å². The van der Waals surface area contributed by atoms with Crippen LogP contribution in [0.4, 0.5) is 5.69 Å². The van der Waals surface area contributed by atoms with Crippen LogP contribution in [0.3, 0.4) is 0 Å². The Morgan fingerprint density at radius 1 is 1.11 bits per heavy atom. The van der Waals surface area contributed by atoms with E-state index in [1.165, 1.54) is 0 Å². The number of sulfonamides is 1. The minimum absolute atomic E-state index is 0.0260. The zero-order chi connectivity index (χ0) is 19.3. The molecule has 2 aromatic rings. The lowest BCUT2D eigenvalue weighted by atomic mass is 9.94. The Balaban J connectivity index is 1.54. The van der Waals surface area contributed by atoms with E-state index in [9.17, 15) is 13.2 Å². The van der Waals surface area contributed by atoms with E-state index in [2.05, 4.69) is 5.32 Å². The smallest absolute Gasteiger partial charge is 0.243 e. The summed E-state index contributed by atoms with van der Waals surface area (Å²) >= 11 is 0. The van der Waals surface area contributed by atoms with Gasteiger partial charge >= 0.3 is 0 Å². The third-order valence-corrected chi connectivity index (χ3v) is 6.86. The van der Waals surface area contributed by atoms with Crippen LogP contribution >= 0.6 is 0 Å². The van der Waals surface area contributed by atoms with Crippen LogP contribution in [-0.4, -0.2) is 31.7 Å². The van der Waals surface area contributed by atoms with E-state index in [-0.39, 0.29) is 11.8 Å². The van der Waals surface area contributed by atoms with Crippen LogP contribution in [0.5, 0.6) is 0 Å². The first-order valence-corrected chi connectivity index (χ1v) is 10.8. The fraction of sp³-hybridized carbons (Fsp3) is 0.381. The molecule has 1 N–H and O–H groups in total. The Labute approximate surface area is 161 Å². The van der Waals surface area contributed by atoms with Gasteiger partial charge in [0.05, 0.1) is 4.90 Å². The molecule has 1 saturated heterocycles. The highest BCUT2D eigenvalue weighted by Crippen LogP contribution is 2.26. The van der Waals surface area contributed by atoms with E-state index in [1.807, 2.05) is 37.3 Å². The molecule has 3 rings (SSSR count). The van der Waals surface area contributed by atoms with E-state index in [1.54, 1.807) is 28.6 Å². The molecule has 1 atom stereocenters. The SMILES string of the molecule is Cc1ccc(NC(=O)CCC2CCCN(S(=O)(=O)c3ccccc3)C2)cc1. The minimum Gasteiger partial charge on any atom is -0.326 e. The quantitative estimate of drug-likeness (QED) is 0.821. The molecule has 1 fully saturated rings. The van der Waals surface area contributed by atoms with Gasteiger partial charge in [0.15, 0.2) is 0 Å². The molecule has 1 aliphatic heterocycles. The highest BCUT2D eigenvalue weighted by molar-refractivity contribution is 7.89. The maximum absolute atomic E-state index is 12.8. The summed E-state index contributed by atoms with van der Waals surface area (Å²) in [5.41, 5.74) is 1.94. The molecular weight excluding hydrogens is 360 g/mol. The molecule has 27 heavy (non-hydrogen) atoms. The van der Waals surface area contributed by atoms with Crippen molar-refractivity contribution in [1.29, 1.82) is 0 Å². The predicted octanol–water partition coefficient (Wildman–Crippen LogP) is 3.81. The lowest BCUT2D eigenvalue weighted by Gasteiger charge is -2.31. The standard InChI is InChI=1S/C21H26N2O3S/c1-17-9-12-19(13-10-17)22-21(24)14-11-18-6-5-15-23(16-18)27(25,26)20-7-3-2-4-8-20/h2-4,7-10,12-13,18H,5-6,11,14-16H2,1H3,(H,22,24). The number of piperidine rings is 1. The van der Waals surface area contributed by atoms with Crippen molar-refractivity contribution in [2.24, 2.45) is 5.92 Å². The number of anilines is 1. The van der Waals surface area contributed by atoms with Crippen LogP contribution in [0.2, 0.25) is 0 Å². The van der Waals surface area contributed by atoms with Gasteiger partial charge in [0.2, 0.25) is 15.9 Å². The number of carbonyl (C=O) groups excluding carboxylic acids is 1. The number of benzene rings is 2. The molecule has 0 bridgehead atoms. The van der Waals surface area contributed by atoms with Crippen LogP contribution in [0, 0.1) is 12.8 Å². The lowest BCUT2D eigenvalue weighted by Crippen LogP contribution is -2.40. The summed E-state index contributed by atoms with van der Waals surface area (Å²) in [7, 11) is -3.45. The zero-order valence-corrected chi connectivity index (χ0v) is 16.4. The van der Waals surface area contributed by atoms with Gasteiger partial charge in [-0.05, 0) is 56.4 Å². The molecule has 0 aromatic heterocycles. The van der Waals surface area contributed by atoms with Crippen LogP contribution in [0.1, 0.15) is 31.2 Å². The molecule has 0 saturated carbocycles. The first-order chi connectivity index (χ1) is 12.9. The zero-order valence-electron chi connectivity index (χ0n) is 15.6. The second kappa shape index (κ2) is 8.67. The summed E-state index contributed by atoms with van der Waals surface area (Å²) in [6, 6.07) is 16.3. The third kappa shape index (κ3) is 5.17. The molecule has 1 aliphatic rings. The number of hydrogen-bond donors (Lipinski definition) is 1. The van der Waals surface area contributed by atoms with Gasteiger partial charge in [-0.1, -0.05) is 35.9 Å². The number of nitrogens with one attached hydrogen (secondary N) is 1. The Hall–Kier alpha value is -2.18. The van der Waals surface area contributed by atoms with E-state index in [0.29, 0.717) is 30.8 Å². The van der Waals surface area contributed by atoms with E-state index in [4.69, 9.17) is 0 Å². The Bertz CT molecular complexity index is 864. The van der Waals surface area contributed by atoms with Crippen molar-refractivity contribution < 1.29 is 13.2 Å². The number of aryl methyl sites for hydroxylation is 1. The van der Waals surface area contributed by atoms with Gasteiger partial charge in [0.1, 0.15) is 0 Å². The third-order valence-electron chi connectivity index (χ3n) is 4.98. The molecule has 0 radical (unpaired) electrons. The number of nitrogens with zero attached hydrogens (tertiary/aromatic N) is 1. The van der Waals surface area contributed by atoms with Crippen LogP contribution in [-0.2, 0) is 14.8 Å².